The first-order valence-electron chi connectivity index (χ1n) is 10.0. The van der Waals surface area contributed by atoms with Crippen LogP contribution in [0.2, 0.25) is 5.02 Å². The molecule has 1 aliphatic heterocycles. The number of ether oxygens (including phenoxy) is 2. The Labute approximate surface area is 187 Å². The smallest absolute Gasteiger partial charge is 0.295 e. The minimum atomic E-state index is -0.740. The average molecular weight is 444 g/mol. The van der Waals surface area contributed by atoms with Crippen LogP contribution in [0.4, 0.5) is 0 Å². The highest BCUT2D eigenvalue weighted by molar-refractivity contribution is 6.46. The number of halogens is 1. The van der Waals surface area contributed by atoms with Crippen LogP contribution < -0.4 is 4.74 Å². The minimum absolute atomic E-state index is 0.00641. The maximum absolute atomic E-state index is 13.0. The van der Waals surface area contributed by atoms with Gasteiger partial charge in [-0.05, 0) is 62.2 Å². The van der Waals surface area contributed by atoms with Gasteiger partial charge in [0.1, 0.15) is 11.5 Å². The number of nitrogens with zero attached hydrogens (tertiary/aromatic N) is 1. The predicted molar refractivity (Wildman–Crippen MR) is 119 cm³/mol. The van der Waals surface area contributed by atoms with Gasteiger partial charge in [0, 0.05) is 17.1 Å². The summed E-state index contributed by atoms with van der Waals surface area (Å²) in [7, 11) is 1.56. The zero-order chi connectivity index (χ0) is 22.7. The Balaban J connectivity index is 2.10. The van der Waals surface area contributed by atoms with Gasteiger partial charge in [0.2, 0.25) is 0 Å². The summed E-state index contributed by atoms with van der Waals surface area (Å²) >= 11 is 6.03. The van der Waals surface area contributed by atoms with Gasteiger partial charge in [-0.3, -0.25) is 9.59 Å². The summed E-state index contributed by atoms with van der Waals surface area (Å²) in [6.45, 7) is 6.13. The first kappa shape index (κ1) is 22.8. The van der Waals surface area contributed by atoms with Crippen LogP contribution >= 0.6 is 11.6 Å². The molecule has 2 aromatic carbocycles. The number of rotatable bonds is 7. The van der Waals surface area contributed by atoms with Crippen molar-refractivity contribution < 1.29 is 24.2 Å². The Hall–Kier alpha value is -2.83. The normalized spacial score (nSPS) is 18.1. The summed E-state index contributed by atoms with van der Waals surface area (Å²) in [4.78, 5) is 27.3. The third-order valence-electron chi connectivity index (χ3n) is 5.18. The van der Waals surface area contributed by atoms with E-state index in [1.165, 1.54) is 4.90 Å². The van der Waals surface area contributed by atoms with Gasteiger partial charge in [0.15, 0.2) is 0 Å². The molecule has 1 fully saturated rings. The van der Waals surface area contributed by atoms with Crippen molar-refractivity contribution in [2.45, 2.75) is 32.9 Å². The van der Waals surface area contributed by atoms with Gasteiger partial charge in [-0.25, -0.2) is 0 Å². The molecule has 0 spiro atoms. The van der Waals surface area contributed by atoms with Crippen molar-refractivity contribution in [3.05, 3.63) is 69.8 Å². The van der Waals surface area contributed by atoms with Gasteiger partial charge in [0.25, 0.3) is 11.7 Å². The van der Waals surface area contributed by atoms with Gasteiger partial charge < -0.3 is 19.5 Å². The zero-order valence-corrected chi connectivity index (χ0v) is 18.8. The van der Waals surface area contributed by atoms with Crippen LogP contribution in [0.5, 0.6) is 5.75 Å². The highest BCUT2D eigenvalue weighted by Gasteiger charge is 2.45. The number of benzene rings is 2. The topological polar surface area (TPSA) is 76.1 Å². The maximum atomic E-state index is 13.0. The fraction of sp³-hybridized carbons (Fsp3) is 0.333. The van der Waals surface area contributed by atoms with Crippen LogP contribution in [0.3, 0.4) is 0 Å². The largest absolute Gasteiger partial charge is 0.507 e. The van der Waals surface area contributed by atoms with E-state index in [0.717, 1.165) is 5.56 Å². The van der Waals surface area contributed by atoms with E-state index >= 15 is 0 Å². The van der Waals surface area contributed by atoms with E-state index < -0.39 is 17.7 Å². The van der Waals surface area contributed by atoms with Crippen molar-refractivity contribution in [2.24, 2.45) is 0 Å². The standard InChI is InChI=1S/C24H26ClNO5/c1-14(2)31-12-11-26-21(16-5-8-18(25)9-6-16)20(23(28)24(26)29)22(27)17-7-10-19(30-4)15(3)13-17/h5-10,13-14,21,27H,11-12H2,1-4H3/b22-20-. The molecule has 2 aromatic rings. The van der Waals surface area contributed by atoms with Crippen LogP contribution in [0, 0.1) is 6.92 Å². The second kappa shape index (κ2) is 9.54. The average Bonchev–Trinajstić information content (AvgIpc) is 2.98. The molecule has 164 valence electrons. The number of Topliss-reactive ketones (excluding diaryl/α,β-unsaturated/α-hetero) is 1. The van der Waals surface area contributed by atoms with Crippen LogP contribution in [-0.4, -0.2) is 48.1 Å². The Morgan fingerprint density at radius 3 is 2.42 bits per heavy atom. The third-order valence-corrected chi connectivity index (χ3v) is 5.43. The monoisotopic (exact) mass is 443 g/mol. The van der Waals surface area contributed by atoms with Crippen molar-refractivity contribution in [3.63, 3.8) is 0 Å². The SMILES string of the molecule is COc1ccc(/C(O)=C2/C(=O)C(=O)N(CCOC(C)C)C2c2ccc(Cl)cc2)cc1C. The van der Waals surface area contributed by atoms with Crippen molar-refractivity contribution in [1.29, 1.82) is 0 Å². The van der Waals surface area contributed by atoms with E-state index in [2.05, 4.69) is 0 Å². The number of aliphatic hydroxyl groups excluding tert-OH is 1. The number of carbonyl (C=O) groups excluding carboxylic acids is 2. The molecule has 6 nitrogen and oxygen atoms in total. The first-order valence-corrected chi connectivity index (χ1v) is 10.4. The molecule has 1 heterocycles. The lowest BCUT2D eigenvalue weighted by Gasteiger charge is -2.25. The van der Waals surface area contributed by atoms with Gasteiger partial charge in [-0.1, -0.05) is 23.7 Å². The summed E-state index contributed by atoms with van der Waals surface area (Å²) in [5.41, 5.74) is 1.96. The van der Waals surface area contributed by atoms with E-state index in [-0.39, 0.29) is 30.6 Å². The first-order chi connectivity index (χ1) is 14.7. The van der Waals surface area contributed by atoms with Gasteiger partial charge in [-0.15, -0.1) is 0 Å². The molecule has 0 aliphatic carbocycles. The molecule has 1 N–H and O–H groups in total. The molecule has 1 unspecified atom stereocenters. The Bertz CT molecular complexity index is 1010. The summed E-state index contributed by atoms with van der Waals surface area (Å²) in [6, 6.07) is 11.3. The van der Waals surface area contributed by atoms with Crippen molar-refractivity contribution in [2.75, 3.05) is 20.3 Å². The predicted octanol–water partition coefficient (Wildman–Crippen LogP) is 4.50. The molecule has 0 radical (unpaired) electrons. The number of hydrogen-bond acceptors (Lipinski definition) is 5. The van der Waals surface area contributed by atoms with Gasteiger partial charge >= 0.3 is 0 Å². The molecule has 7 heteroatoms. The second-order valence-corrected chi connectivity index (χ2v) is 8.08. The lowest BCUT2D eigenvalue weighted by molar-refractivity contribution is -0.140. The van der Waals surface area contributed by atoms with Gasteiger partial charge in [0.05, 0.1) is 31.4 Å². The van der Waals surface area contributed by atoms with Gasteiger partial charge in [-0.2, -0.15) is 0 Å². The lowest BCUT2D eigenvalue weighted by atomic mass is 9.95. The van der Waals surface area contributed by atoms with E-state index in [0.29, 0.717) is 21.9 Å². The molecule has 1 saturated heterocycles. The third kappa shape index (κ3) is 4.75. The Morgan fingerprint density at radius 1 is 1.16 bits per heavy atom. The number of aliphatic hydroxyl groups is 1. The van der Waals surface area contributed by atoms with E-state index in [1.54, 1.807) is 49.6 Å². The minimum Gasteiger partial charge on any atom is -0.507 e. The fourth-order valence-electron chi connectivity index (χ4n) is 3.67. The number of hydrogen-bond donors (Lipinski definition) is 1. The number of amides is 1. The molecule has 0 bridgehead atoms. The lowest BCUT2D eigenvalue weighted by Crippen LogP contribution is -2.33. The molecule has 1 aliphatic rings. The molecule has 1 amide bonds. The highest BCUT2D eigenvalue weighted by Crippen LogP contribution is 2.40. The molecule has 0 saturated carbocycles. The number of methoxy groups -OCH3 is 1. The molecule has 3 rings (SSSR count). The molecular formula is C24H26ClNO5. The molecular weight excluding hydrogens is 418 g/mol. The number of ketones is 1. The van der Waals surface area contributed by atoms with Crippen molar-refractivity contribution in [3.8, 4) is 5.75 Å². The van der Waals surface area contributed by atoms with Crippen molar-refractivity contribution >= 4 is 29.1 Å². The van der Waals surface area contributed by atoms with Crippen molar-refractivity contribution in [1.82, 2.24) is 4.90 Å². The van der Waals surface area contributed by atoms with Crippen LogP contribution in [-0.2, 0) is 14.3 Å². The number of likely N-dealkylation sites (tertiary alicyclic amines) is 1. The summed E-state index contributed by atoms with van der Waals surface area (Å²) in [5, 5.41) is 11.6. The Morgan fingerprint density at radius 2 is 1.84 bits per heavy atom. The maximum Gasteiger partial charge on any atom is 0.295 e. The van der Waals surface area contributed by atoms with E-state index in [9.17, 15) is 14.7 Å². The molecule has 31 heavy (non-hydrogen) atoms. The number of aryl methyl sites for hydroxylation is 1. The Kier molecular flexibility index (Phi) is 7.03. The molecule has 0 aromatic heterocycles. The number of carbonyl (C=O) groups is 2. The van der Waals surface area contributed by atoms with Crippen LogP contribution in [0.1, 0.15) is 36.6 Å². The second-order valence-electron chi connectivity index (χ2n) is 7.65. The van der Waals surface area contributed by atoms with E-state index in [4.69, 9.17) is 21.1 Å². The zero-order valence-electron chi connectivity index (χ0n) is 18.0. The summed E-state index contributed by atoms with van der Waals surface area (Å²) in [6.07, 6.45) is -0.00641. The fourth-order valence-corrected chi connectivity index (χ4v) is 3.80. The van der Waals surface area contributed by atoms with Crippen LogP contribution in [0.25, 0.3) is 5.76 Å². The molecule has 1 atom stereocenters. The quantitative estimate of drug-likeness (QED) is 0.387. The summed E-state index contributed by atoms with van der Waals surface area (Å²) < 4.78 is 10.9. The summed E-state index contributed by atoms with van der Waals surface area (Å²) in [5.74, 6) is -0.956. The van der Waals surface area contributed by atoms with E-state index in [1.807, 2.05) is 20.8 Å². The highest BCUT2D eigenvalue weighted by atomic mass is 35.5. The van der Waals surface area contributed by atoms with Crippen LogP contribution in [0.15, 0.2) is 48.0 Å².